The number of hydrogen-bond acceptors (Lipinski definition) is 5. The molecule has 1 aromatic heterocycles. The van der Waals surface area contributed by atoms with Gasteiger partial charge in [0.05, 0.1) is 0 Å². The van der Waals surface area contributed by atoms with E-state index in [-0.39, 0.29) is 6.61 Å². The SMILES string of the molecule is CCC[C@@H](NC(=O)COc1ccc2c(C)c(C)c(=O)oc2c1C)C(=O)O. The normalized spacial score (nSPS) is 12.0. The Bertz CT molecular complexity index is 899. The third-order valence-corrected chi connectivity index (χ3v) is 4.39. The van der Waals surface area contributed by atoms with E-state index in [0.717, 1.165) is 10.9 Å². The molecule has 7 nitrogen and oxygen atoms in total. The summed E-state index contributed by atoms with van der Waals surface area (Å²) < 4.78 is 10.9. The zero-order chi connectivity index (χ0) is 19.4. The van der Waals surface area contributed by atoms with E-state index in [1.165, 1.54) is 0 Å². The van der Waals surface area contributed by atoms with Crippen molar-refractivity contribution in [1.29, 1.82) is 0 Å². The second-order valence-corrected chi connectivity index (χ2v) is 6.24. The maximum absolute atomic E-state index is 12.0. The number of rotatable bonds is 7. The molecule has 0 aliphatic rings. The molecule has 1 aromatic carbocycles. The molecule has 0 saturated carbocycles. The van der Waals surface area contributed by atoms with E-state index in [1.807, 2.05) is 13.8 Å². The summed E-state index contributed by atoms with van der Waals surface area (Å²) in [5.41, 5.74) is 2.02. The highest BCUT2D eigenvalue weighted by molar-refractivity contribution is 5.86. The van der Waals surface area contributed by atoms with Gasteiger partial charge in [0.1, 0.15) is 17.4 Å². The fourth-order valence-electron chi connectivity index (χ4n) is 2.71. The van der Waals surface area contributed by atoms with Crippen LogP contribution in [0.2, 0.25) is 0 Å². The summed E-state index contributed by atoms with van der Waals surface area (Å²) in [5, 5.41) is 12.3. The summed E-state index contributed by atoms with van der Waals surface area (Å²) >= 11 is 0. The van der Waals surface area contributed by atoms with Gasteiger partial charge in [0, 0.05) is 16.5 Å². The maximum Gasteiger partial charge on any atom is 0.339 e. The number of aryl methyl sites for hydroxylation is 2. The van der Waals surface area contributed by atoms with Crippen LogP contribution in [-0.4, -0.2) is 29.6 Å². The van der Waals surface area contributed by atoms with Crippen LogP contribution in [0.15, 0.2) is 21.3 Å². The molecule has 0 aliphatic heterocycles. The topological polar surface area (TPSA) is 106 Å². The Kier molecular flexibility index (Phi) is 6.02. The van der Waals surface area contributed by atoms with Crippen LogP contribution in [0.3, 0.4) is 0 Å². The Morgan fingerprint density at radius 2 is 1.88 bits per heavy atom. The predicted molar refractivity (Wildman–Crippen MR) is 96.7 cm³/mol. The van der Waals surface area contributed by atoms with Crippen molar-refractivity contribution in [2.45, 2.75) is 46.6 Å². The molecule has 0 spiro atoms. The van der Waals surface area contributed by atoms with Crippen molar-refractivity contribution in [2.24, 2.45) is 0 Å². The van der Waals surface area contributed by atoms with Crippen LogP contribution in [0, 0.1) is 20.8 Å². The molecule has 0 fully saturated rings. The van der Waals surface area contributed by atoms with Crippen LogP contribution >= 0.6 is 0 Å². The average Bonchev–Trinajstić information content (AvgIpc) is 2.59. The molecule has 7 heteroatoms. The van der Waals surface area contributed by atoms with Crippen molar-refractivity contribution in [3.8, 4) is 5.75 Å². The maximum atomic E-state index is 12.0. The van der Waals surface area contributed by atoms with Gasteiger partial charge in [-0.05, 0) is 44.9 Å². The lowest BCUT2D eigenvalue weighted by Crippen LogP contribution is -2.42. The molecule has 0 unspecified atom stereocenters. The molecule has 0 saturated heterocycles. The Morgan fingerprint density at radius 1 is 1.19 bits per heavy atom. The number of carboxylic acids is 1. The summed E-state index contributed by atoms with van der Waals surface area (Å²) in [5.74, 6) is -1.19. The van der Waals surface area contributed by atoms with E-state index in [0.29, 0.717) is 35.3 Å². The quantitative estimate of drug-likeness (QED) is 0.734. The van der Waals surface area contributed by atoms with Gasteiger partial charge in [0.25, 0.3) is 5.91 Å². The monoisotopic (exact) mass is 361 g/mol. The Morgan fingerprint density at radius 3 is 2.50 bits per heavy atom. The van der Waals surface area contributed by atoms with Gasteiger partial charge in [0.15, 0.2) is 6.61 Å². The highest BCUT2D eigenvalue weighted by Gasteiger charge is 2.19. The van der Waals surface area contributed by atoms with E-state index in [1.54, 1.807) is 26.0 Å². The number of nitrogens with one attached hydrogen (secondary N) is 1. The summed E-state index contributed by atoms with van der Waals surface area (Å²) in [6.07, 6.45) is 0.986. The third kappa shape index (κ3) is 4.04. The molecule has 2 aromatic rings. The molecule has 26 heavy (non-hydrogen) atoms. The standard InChI is InChI=1S/C19H23NO6/c1-5-6-14(18(22)23)20-16(21)9-25-15-8-7-13-10(2)11(3)19(24)26-17(13)12(15)4/h7-8,14H,5-6,9H2,1-4H3,(H,20,21)(H,22,23)/t14-/m1/s1. The van der Waals surface area contributed by atoms with Crippen molar-refractivity contribution in [2.75, 3.05) is 6.61 Å². The summed E-state index contributed by atoms with van der Waals surface area (Å²) in [6.45, 7) is 6.81. The molecular formula is C19H23NO6. The lowest BCUT2D eigenvalue weighted by molar-refractivity contribution is -0.142. The lowest BCUT2D eigenvalue weighted by Gasteiger charge is -2.15. The van der Waals surface area contributed by atoms with Gasteiger partial charge >= 0.3 is 11.6 Å². The molecule has 1 heterocycles. The van der Waals surface area contributed by atoms with E-state index >= 15 is 0 Å². The second kappa shape index (κ2) is 8.03. The van der Waals surface area contributed by atoms with E-state index in [2.05, 4.69) is 5.32 Å². The highest BCUT2D eigenvalue weighted by atomic mass is 16.5. The number of carbonyl (C=O) groups is 2. The fraction of sp³-hybridized carbons (Fsp3) is 0.421. The first-order valence-corrected chi connectivity index (χ1v) is 8.44. The number of fused-ring (bicyclic) bond motifs is 1. The highest BCUT2D eigenvalue weighted by Crippen LogP contribution is 2.29. The smallest absolute Gasteiger partial charge is 0.339 e. The first kappa shape index (κ1) is 19.5. The predicted octanol–water partition coefficient (Wildman–Crippen LogP) is 2.47. The number of hydrogen-bond donors (Lipinski definition) is 2. The van der Waals surface area contributed by atoms with Gasteiger partial charge < -0.3 is 19.6 Å². The zero-order valence-corrected chi connectivity index (χ0v) is 15.3. The van der Waals surface area contributed by atoms with E-state index in [4.69, 9.17) is 14.3 Å². The summed E-state index contributed by atoms with van der Waals surface area (Å²) in [7, 11) is 0. The number of amides is 1. The second-order valence-electron chi connectivity index (χ2n) is 6.24. The zero-order valence-electron chi connectivity index (χ0n) is 15.3. The number of aliphatic carboxylic acids is 1. The Labute approximate surface area is 151 Å². The number of benzene rings is 1. The lowest BCUT2D eigenvalue weighted by atomic mass is 10.0. The molecule has 2 rings (SSSR count). The summed E-state index contributed by atoms with van der Waals surface area (Å²) in [4.78, 5) is 35.0. The van der Waals surface area contributed by atoms with Crippen molar-refractivity contribution in [3.05, 3.63) is 39.2 Å². The number of carbonyl (C=O) groups excluding carboxylic acids is 1. The van der Waals surface area contributed by atoms with Gasteiger partial charge in [-0.1, -0.05) is 13.3 Å². The molecule has 2 N–H and O–H groups in total. The average molecular weight is 361 g/mol. The Balaban J connectivity index is 2.18. The first-order valence-electron chi connectivity index (χ1n) is 8.44. The molecule has 140 valence electrons. The van der Waals surface area contributed by atoms with E-state index < -0.39 is 23.5 Å². The van der Waals surface area contributed by atoms with Gasteiger partial charge in [0.2, 0.25) is 0 Å². The van der Waals surface area contributed by atoms with E-state index in [9.17, 15) is 14.4 Å². The number of carboxylic acid groups (broad SMARTS) is 1. The van der Waals surface area contributed by atoms with Gasteiger partial charge in [-0.25, -0.2) is 9.59 Å². The van der Waals surface area contributed by atoms with Crippen LogP contribution in [-0.2, 0) is 9.59 Å². The molecule has 0 radical (unpaired) electrons. The third-order valence-electron chi connectivity index (χ3n) is 4.39. The van der Waals surface area contributed by atoms with Crippen LogP contribution in [0.25, 0.3) is 11.0 Å². The Hall–Kier alpha value is -2.83. The van der Waals surface area contributed by atoms with Crippen molar-refractivity contribution < 1.29 is 23.8 Å². The van der Waals surface area contributed by atoms with Gasteiger partial charge in [-0.2, -0.15) is 0 Å². The summed E-state index contributed by atoms with van der Waals surface area (Å²) in [6, 6.07) is 2.55. The first-order chi connectivity index (χ1) is 12.3. The van der Waals surface area contributed by atoms with Crippen molar-refractivity contribution in [1.82, 2.24) is 5.32 Å². The molecule has 0 bridgehead atoms. The van der Waals surface area contributed by atoms with Crippen LogP contribution < -0.4 is 15.7 Å². The molecule has 1 amide bonds. The molecular weight excluding hydrogens is 338 g/mol. The minimum atomic E-state index is -1.07. The molecule has 1 atom stereocenters. The minimum absolute atomic E-state index is 0.324. The largest absolute Gasteiger partial charge is 0.483 e. The fourth-order valence-corrected chi connectivity index (χ4v) is 2.71. The van der Waals surface area contributed by atoms with Gasteiger partial charge in [-0.15, -0.1) is 0 Å². The number of ether oxygens (including phenoxy) is 1. The van der Waals surface area contributed by atoms with Gasteiger partial charge in [-0.3, -0.25) is 4.79 Å². The van der Waals surface area contributed by atoms with Crippen molar-refractivity contribution >= 4 is 22.8 Å². The van der Waals surface area contributed by atoms with Crippen LogP contribution in [0.4, 0.5) is 0 Å². The van der Waals surface area contributed by atoms with Crippen molar-refractivity contribution in [3.63, 3.8) is 0 Å². The van der Waals surface area contributed by atoms with Crippen LogP contribution in [0.5, 0.6) is 5.75 Å². The minimum Gasteiger partial charge on any atom is -0.483 e. The molecule has 0 aliphatic carbocycles. The van der Waals surface area contributed by atoms with Crippen LogP contribution in [0.1, 0.15) is 36.5 Å².